The molecule has 2 aliphatic heterocycles. The second-order valence-corrected chi connectivity index (χ2v) is 7.23. The van der Waals surface area contributed by atoms with Gasteiger partial charge in [0.2, 0.25) is 5.91 Å². The van der Waals surface area contributed by atoms with Crippen LogP contribution in [0.4, 0.5) is 5.13 Å². The highest BCUT2D eigenvalue weighted by atomic mass is 32.1. The number of piperidine rings is 1. The molecule has 1 amide bonds. The number of ether oxygens (including phenoxy) is 1. The number of hydrogen-bond donors (Lipinski definition) is 1. The first-order valence-corrected chi connectivity index (χ1v) is 9.37. The summed E-state index contributed by atoms with van der Waals surface area (Å²) in [6.45, 7) is 3.57. The summed E-state index contributed by atoms with van der Waals surface area (Å²) < 4.78 is 5.59. The first-order valence-electron chi connectivity index (χ1n) is 8.49. The van der Waals surface area contributed by atoms with Crippen LogP contribution >= 0.6 is 11.3 Å². The fourth-order valence-corrected chi connectivity index (χ4v) is 4.06. The molecule has 1 aromatic carbocycles. The minimum Gasteiger partial charge on any atom is -0.492 e. The van der Waals surface area contributed by atoms with Gasteiger partial charge in [0, 0.05) is 17.5 Å². The number of benzene rings is 1. The summed E-state index contributed by atoms with van der Waals surface area (Å²) in [5, 5.41) is 5.67. The number of fused-ring (bicyclic) bond motifs is 1. The third kappa shape index (κ3) is 3.30. The van der Waals surface area contributed by atoms with Crippen LogP contribution in [-0.4, -0.2) is 35.5 Å². The Labute approximate surface area is 145 Å². The zero-order valence-electron chi connectivity index (χ0n) is 13.5. The molecule has 5 nitrogen and oxygen atoms in total. The maximum Gasteiger partial charge on any atom is 0.237 e. The van der Waals surface area contributed by atoms with Gasteiger partial charge in [-0.3, -0.25) is 9.69 Å². The number of aromatic nitrogens is 1. The standard InChI is InChI=1S/C18H21N3O2S/c22-17(15-11-23-16-7-3-2-6-14(15)16)20-18-19-13(12-24-18)10-21-8-4-1-5-9-21/h2-3,6-7,12,15H,1,4-5,8-11H2,(H,19,20,22)/t15-/m0/s1. The predicted octanol–water partition coefficient (Wildman–Crippen LogP) is 3.24. The summed E-state index contributed by atoms with van der Waals surface area (Å²) in [6, 6.07) is 7.72. The molecule has 1 fully saturated rings. The average molecular weight is 343 g/mol. The van der Waals surface area contributed by atoms with E-state index in [0.717, 1.165) is 36.6 Å². The van der Waals surface area contributed by atoms with E-state index in [1.807, 2.05) is 29.6 Å². The third-order valence-corrected chi connectivity index (χ3v) is 5.44. The molecule has 4 rings (SSSR count). The molecule has 1 aromatic heterocycles. The zero-order chi connectivity index (χ0) is 16.4. The van der Waals surface area contributed by atoms with Gasteiger partial charge in [-0.2, -0.15) is 0 Å². The van der Waals surface area contributed by atoms with Crippen molar-refractivity contribution >= 4 is 22.4 Å². The van der Waals surface area contributed by atoms with Crippen molar-refractivity contribution in [2.45, 2.75) is 31.7 Å². The SMILES string of the molecule is O=C(Nc1nc(CN2CCCCC2)cs1)[C@H]1COc2ccccc21. The molecule has 1 saturated heterocycles. The topological polar surface area (TPSA) is 54.5 Å². The van der Waals surface area contributed by atoms with Crippen molar-refractivity contribution in [2.24, 2.45) is 0 Å². The molecule has 6 heteroatoms. The normalized spacial score (nSPS) is 20.4. The number of rotatable bonds is 4. The van der Waals surface area contributed by atoms with Gasteiger partial charge in [0.15, 0.2) is 5.13 Å². The smallest absolute Gasteiger partial charge is 0.237 e. The number of nitrogens with one attached hydrogen (secondary N) is 1. The van der Waals surface area contributed by atoms with E-state index in [1.54, 1.807) is 0 Å². The van der Waals surface area contributed by atoms with Crippen molar-refractivity contribution < 1.29 is 9.53 Å². The molecule has 3 heterocycles. The predicted molar refractivity (Wildman–Crippen MR) is 94.5 cm³/mol. The van der Waals surface area contributed by atoms with Crippen molar-refractivity contribution in [2.75, 3.05) is 25.0 Å². The van der Waals surface area contributed by atoms with Crippen molar-refractivity contribution in [1.29, 1.82) is 0 Å². The zero-order valence-corrected chi connectivity index (χ0v) is 14.3. The lowest BCUT2D eigenvalue weighted by atomic mass is 10.0. The Hall–Kier alpha value is -1.92. The maximum absolute atomic E-state index is 12.5. The second-order valence-electron chi connectivity index (χ2n) is 6.37. The van der Waals surface area contributed by atoms with E-state index in [2.05, 4.69) is 15.2 Å². The second kappa shape index (κ2) is 6.91. The molecular weight excluding hydrogens is 322 g/mol. The molecule has 1 N–H and O–H groups in total. The van der Waals surface area contributed by atoms with Crippen molar-refractivity contribution in [3.63, 3.8) is 0 Å². The highest BCUT2D eigenvalue weighted by Crippen LogP contribution is 2.34. The van der Waals surface area contributed by atoms with E-state index in [4.69, 9.17) is 4.74 Å². The van der Waals surface area contributed by atoms with Gasteiger partial charge in [0.1, 0.15) is 18.3 Å². The highest BCUT2D eigenvalue weighted by molar-refractivity contribution is 7.13. The third-order valence-electron chi connectivity index (χ3n) is 4.63. The molecule has 0 unspecified atom stereocenters. The van der Waals surface area contributed by atoms with Gasteiger partial charge < -0.3 is 10.1 Å². The van der Waals surface area contributed by atoms with Crippen molar-refractivity contribution in [3.05, 3.63) is 40.9 Å². The van der Waals surface area contributed by atoms with E-state index >= 15 is 0 Å². The number of likely N-dealkylation sites (tertiary alicyclic amines) is 1. The van der Waals surface area contributed by atoms with Crippen LogP contribution in [-0.2, 0) is 11.3 Å². The van der Waals surface area contributed by atoms with Crippen LogP contribution in [0.3, 0.4) is 0 Å². The van der Waals surface area contributed by atoms with Gasteiger partial charge in [0.05, 0.1) is 5.69 Å². The Balaban J connectivity index is 1.38. The van der Waals surface area contributed by atoms with Crippen LogP contribution < -0.4 is 10.1 Å². The Morgan fingerprint density at radius 1 is 1.29 bits per heavy atom. The van der Waals surface area contributed by atoms with E-state index in [9.17, 15) is 4.79 Å². The number of carbonyl (C=O) groups excluding carboxylic acids is 1. The molecular formula is C18H21N3O2S. The molecule has 0 radical (unpaired) electrons. The first-order chi connectivity index (χ1) is 11.8. The van der Waals surface area contributed by atoms with Crippen LogP contribution in [0.25, 0.3) is 0 Å². The number of hydrogen-bond acceptors (Lipinski definition) is 5. The molecule has 2 aromatic rings. The molecule has 126 valence electrons. The van der Waals surface area contributed by atoms with Crippen LogP contribution in [0.1, 0.15) is 36.4 Å². The van der Waals surface area contributed by atoms with Gasteiger partial charge in [-0.25, -0.2) is 4.98 Å². The Bertz CT molecular complexity index is 725. The van der Waals surface area contributed by atoms with Crippen molar-refractivity contribution in [1.82, 2.24) is 9.88 Å². The number of amides is 1. The van der Waals surface area contributed by atoms with Gasteiger partial charge >= 0.3 is 0 Å². The molecule has 1 atom stereocenters. The molecule has 0 saturated carbocycles. The number of nitrogens with zero attached hydrogens (tertiary/aromatic N) is 2. The first kappa shape index (κ1) is 15.6. The number of para-hydroxylation sites is 1. The average Bonchev–Trinajstić information content (AvgIpc) is 3.22. The fraction of sp³-hybridized carbons (Fsp3) is 0.444. The van der Waals surface area contributed by atoms with Gasteiger partial charge in [-0.15, -0.1) is 11.3 Å². The van der Waals surface area contributed by atoms with Crippen LogP contribution in [0.5, 0.6) is 5.75 Å². The highest BCUT2D eigenvalue weighted by Gasteiger charge is 2.30. The molecule has 0 spiro atoms. The molecule has 24 heavy (non-hydrogen) atoms. The van der Waals surface area contributed by atoms with Crippen LogP contribution in [0.15, 0.2) is 29.6 Å². The summed E-state index contributed by atoms with van der Waals surface area (Å²) in [6.07, 6.45) is 3.88. The van der Waals surface area contributed by atoms with E-state index in [1.165, 1.54) is 30.6 Å². The Morgan fingerprint density at radius 2 is 2.12 bits per heavy atom. The fourth-order valence-electron chi connectivity index (χ4n) is 3.36. The Morgan fingerprint density at radius 3 is 3.00 bits per heavy atom. The molecule has 0 bridgehead atoms. The lowest BCUT2D eigenvalue weighted by Gasteiger charge is -2.25. The van der Waals surface area contributed by atoms with E-state index < -0.39 is 0 Å². The number of carbonyl (C=O) groups is 1. The summed E-state index contributed by atoms with van der Waals surface area (Å²) in [4.78, 5) is 19.6. The van der Waals surface area contributed by atoms with Crippen LogP contribution in [0, 0.1) is 0 Å². The maximum atomic E-state index is 12.5. The molecule has 0 aliphatic carbocycles. The van der Waals surface area contributed by atoms with E-state index in [-0.39, 0.29) is 11.8 Å². The summed E-state index contributed by atoms with van der Waals surface area (Å²) in [7, 11) is 0. The summed E-state index contributed by atoms with van der Waals surface area (Å²) >= 11 is 1.50. The minimum atomic E-state index is -0.254. The van der Waals surface area contributed by atoms with Crippen molar-refractivity contribution in [3.8, 4) is 5.75 Å². The lowest BCUT2D eigenvalue weighted by Crippen LogP contribution is -2.29. The Kier molecular flexibility index (Phi) is 4.49. The van der Waals surface area contributed by atoms with Gasteiger partial charge in [-0.05, 0) is 32.0 Å². The number of thiazole rings is 1. The quantitative estimate of drug-likeness (QED) is 0.926. The van der Waals surface area contributed by atoms with Crippen LogP contribution in [0.2, 0.25) is 0 Å². The largest absolute Gasteiger partial charge is 0.492 e. The number of anilines is 1. The summed E-state index contributed by atoms with van der Waals surface area (Å²) in [5.41, 5.74) is 2.00. The molecule has 2 aliphatic rings. The summed E-state index contributed by atoms with van der Waals surface area (Å²) in [5.74, 6) is 0.511. The van der Waals surface area contributed by atoms with E-state index in [0.29, 0.717) is 11.7 Å². The lowest BCUT2D eigenvalue weighted by molar-refractivity contribution is -0.117. The van der Waals surface area contributed by atoms with Gasteiger partial charge in [0.25, 0.3) is 0 Å². The van der Waals surface area contributed by atoms with Gasteiger partial charge in [-0.1, -0.05) is 24.6 Å². The minimum absolute atomic E-state index is 0.0428. The monoisotopic (exact) mass is 343 g/mol.